The molecule has 0 spiro atoms. The summed E-state index contributed by atoms with van der Waals surface area (Å²) in [6.45, 7) is 0.128. The second-order valence-electron chi connectivity index (χ2n) is 3.72. The van der Waals surface area contributed by atoms with Crippen molar-refractivity contribution in [2.45, 2.75) is 32.0 Å². The predicted molar refractivity (Wildman–Crippen MR) is 46.0 cm³/mol. The second kappa shape index (κ2) is 3.52. The van der Waals surface area contributed by atoms with Gasteiger partial charge in [-0.25, -0.2) is 0 Å². The number of fused-ring (bicyclic) bond motifs is 1. The third-order valence-electron chi connectivity index (χ3n) is 2.78. The molecule has 1 heterocycles. The molecular weight excluding hydrogens is 209 g/mol. The van der Waals surface area contributed by atoms with Crippen molar-refractivity contribution in [1.82, 2.24) is 5.16 Å². The van der Waals surface area contributed by atoms with Crippen molar-refractivity contribution < 1.29 is 17.7 Å². The fourth-order valence-electron chi connectivity index (χ4n) is 1.90. The van der Waals surface area contributed by atoms with Crippen LogP contribution in [0.4, 0.5) is 13.2 Å². The van der Waals surface area contributed by atoms with Crippen LogP contribution < -0.4 is 5.73 Å². The smallest absolute Gasteiger partial charge is 0.361 e. The Morgan fingerprint density at radius 3 is 2.80 bits per heavy atom. The van der Waals surface area contributed by atoms with Gasteiger partial charge in [0, 0.05) is 18.5 Å². The first-order valence-electron chi connectivity index (χ1n) is 4.75. The molecular formula is C9H11F3N2O. The third kappa shape index (κ3) is 1.86. The highest BCUT2D eigenvalue weighted by atomic mass is 19.4. The molecule has 1 aromatic rings. The molecule has 6 heteroatoms. The zero-order chi connectivity index (χ0) is 11.1. The fourth-order valence-corrected chi connectivity index (χ4v) is 1.90. The normalized spacial score (nSPS) is 21.5. The van der Waals surface area contributed by atoms with Crippen molar-refractivity contribution in [3.63, 3.8) is 0 Å². The lowest BCUT2D eigenvalue weighted by atomic mass is 9.86. The molecule has 1 unspecified atom stereocenters. The van der Waals surface area contributed by atoms with Gasteiger partial charge in [0.25, 0.3) is 0 Å². The van der Waals surface area contributed by atoms with Gasteiger partial charge < -0.3 is 10.3 Å². The lowest BCUT2D eigenvalue weighted by molar-refractivity contribution is -0.177. The van der Waals surface area contributed by atoms with Gasteiger partial charge in [0.15, 0.2) is 0 Å². The van der Waals surface area contributed by atoms with Gasteiger partial charge in [-0.1, -0.05) is 5.16 Å². The van der Waals surface area contributed by atoms with Gasteiger partial charge in [0.05, 0.1) is 5.92 Å². The molecule has 0 amide bonds. The van der Waals surface area contributed by atoms with Gasteiger partial charge in [0.1, 0.15) is 11.5 Å². The number of nitrogens with two attached hydrogens (primary N) is 1. The minimum atomic E-state index is -4.14. The Balaban J connectivity index is 2.25. The maximum absolute atomic E-state index is 12.5. The molecule has 1 aliphatic carbocycles. The highest BCUT2D eigenvalue weighted by Crippen LogP contribution is 2.37. The summed E-state index contributed by atoms with van der Waals surface area (Å²) in [4.78, 5) is 0. The van der Waals surface area contributed by atoms with Gasteiger partial charge in [-0.3, -0.25) is 0 Å². The van der Waals surface area contributed by atoms with Gasteiger partial charge in [-0.05, 0) is 12.8 Å². The Hall–Kier alpha value is -1.04. The van der Waals surface area contributed by atoms with Crippen LogP contribution in [0.1, 0.15) is 23.4 Å². The summed E-state index contributed by atoms with van der Waals surface area (Å²) in [5.74, 6) is -0.717. The Morgan fingerprint density at radius 1 is 1.47 bits per heavy atom. The molecule has 0 fully saturated rings. The van der Waals surface area contributed by atoms with E-state index in [0.717, 1.165) is 0 Å². The zero-order valence-corrected chi connectivity index (χ0v) is 7.97. The fraction of sp³-hybridized carbons (Fsp3) is 0.667. The van der Waals surface area contributed by atoms with E-state index in [1.54, 1.807) is 0 Å². The van der Waals surface area contributed by atoms with Crippen LogP contribution in [0, 0.1) is 5.92 Å². The predicted octanol–water partition coefficient (Wildman–Crippen LogP) is 1.80. The van der Waals surface area contributed by atoms with Gasteiger partial charge in [-0.15, -0.1) is 0 Å². The lowest BCUT2D eigenvalue weighted by Crippen LogP contribution is -2.29. The highest BCUT2D eigenvalue weighted by Gasteiger charge is 2.42. The Kier molecular flexibility index (Phi) is 2.46. The zero-order valence-electron chi connectivity index (χ0n) is 7.97. The largest absolute Gasteiger partial charge is 0.392 e. The van der Waals surface area contributed by atoms with Gasteiger partial charge >= 0.3 is 6.18 Å². The quantitative estimate of drug-likeness (QED) is 0.785. The molecule has 0 saturated carbocycles. The Morgan fingerprint density at radius 2 is 2.20 bits per heavy atom. The Bertz CT molecular complexity index is 345. The van der Waals surface area contributed by atoms with Crippen molar-refractivity contribution >= 4 is 0 Å². The summed E-state index contributed by atoms with van der Waals surface area (Å²) in [5, 5.41) is 3.67. The molecule has 1 atom stereocenters. The molecule has 0 aliphatic heterocycles. The van der Waals surface area contributed by atoms with E-state index in [1.165, 1.54) is 0 Å². The SMILES string of the molecule is NCc1noc2c1CC(C(F)(F)F)CC2. The summed E-state index contributed by atoms with van der Waals surface area (Å²) < 4.78 is 42.4. The first-order chi connectivity index (χ1) is 7.02. The van der Waals surface area contributed by atoms with Crippen LogP contribution in [0.5, 0.6) is 0 Å². The molecule has 15 heavy (non-hydrogen) atoms. The van der Waals surface area contributed by atoms with E-state index in [1.807, 2.05) is 0 Å². The monoisotopic (exact) mass is 220 g/mol. The number of aromatic nitrogens is 1. The number of alkyl halides is 3. The summed E-state index contributed by atoms with van der Waals surface area (Å²) in [6, 6.07) is 0. The standard InChI is InChI=1S/C9H11F3N2O/c10-9(11,12)5-1-2-8-6(3-5)7(4-13)14-15-8/h5H,1-4,13H2. The molecule has 1 aliphatic rings. The number of nitrogens with zero attached hydrogens (tertiary/aromatic N) is 1. The molecule has 84 valence electrons. The summed E-state index contributed by atoms with van der Waals surface area (Å²) in [5.41, 5.74) is 6.39. The number of hydrogen-bond donors (Lipinski definition) is 1. The molecule has 0 radical (unpaired) electrons. The van der Waals surface area contributed by atoms with Gasteiger partial charge in [0.2, 0.25) is 0 Å². The summed E-state index contributed by atoms with van der Waals surface area (Å²) in [6.07, 6.45) is -3.81. The van der Waals surface area contributed by atoms with Crippen LogP contribution in [0.3, 0.4) is 0 Å². The average Bonchev–Trinajstić information content (AvgIpc) is 2.57. The van der Waals surface area contributed by atoms with Crippen molar-refractivity contribution in [2.75, 3.05) is 0 Å². The Labute approximate surface area is 84.4 Å². The number of hydrogen-bond acceptors (Lipinski definition) is 3. The van der Waals surface area contributed by atoms with Gasteiger partial charge in [-0.2, -0.15) is 13.2 Å². The highest BCUT2D eigenvalue weighted by molar-refractivity contribution is 5.26. The van der Waals surface area contributed by atoms with Crippen LogP contribution >= 0.6 is 0 Å². The molecule has 0 bridgehead atoms. The van der Waals surface area contributed by atoms with E-state index < -0.39 is 12.1 Å². The van der Waals surface area contributed by atoms with E-state index >= 15 is 0 Å². The van der Waals surface area contributed by atoms with Crippen molar-refractivity contribution in [3.05, 3.63) is 17.0 Å². The molecule has 1 aromatic heterocycles. The minimum Gasteiger partial charge on any atom is -0.361 e. The van der Waals surface area contributed by atoms with Crippen LogP contribution in [0.2, 0.25) is 0 Å². The van der Waals surface area contributed by atoms with Crippen LogP contribution in [-0.2, 0) is 19.4 Å². The van der Waals surface area contributed by atoms with Crippen molar-refractivity contribution in [1.29, 1.82) is 0 Å². The van der Waals surface area contributed by atoms with E-state index in [2.05, 4.69) is 5.16 Å². The summed E-state index contributed by atoms with van der Waals surface area (Å²) in [7, 11) is 0. The summed E-state index contributed by atoms with van der Waals surface area (Å²) >= 11 is 0. The second-order valence-corrected chi connectivity index (χ2v) is 3.72. The molecule has 2 N–H and O–H groups in total. The molecule has 2 rings (SSSR count). The topological polar surface area (TPSA) is 52.0 Å². The van der Waals surface area contributed by atoms with E-state index in [9.17, 15) is 13.2 Å². The first-order valence-corrected chi connectivity index (χ1v) is 4.75. The van der Waals surface area contributed by atoms with Crippen LogP contribution in [0.15, 0.2) is 4.52 Å². The van der Waals surface area contributed by atoms with Crippen molar-refractivity contribution in [2.24, 2.45) is 11.7 Å². The third-order valence-corrected chi connectivity index (χ3v) is 2.78. The molecule has 3 nitrogen and oxygen atoms in total. The minimum absolute atomic E-state index is 0.0468. The van der Waals surface area contributed by atoms with E-state index in [-0.39, 0.29) is 19.4 Å². The first kappa shape index (κ1) is 10.5. The lowest BCUT2D eigenvalue weighted by Gasteiger charge is -2.23. The average molecular weight is 220 g/mol. The maximum Gasteiger partial charge on any atom is 0.392 e. The van der Waals surface area contributed by atoms with Crippen LogP contribution in [-0.4, -0.2) is 11.3 Å². The number of rotatable bonds is 1. The van der Waals surface area contributed by atoms with E-state index in [4.69, 9.17) is 10.3 Å². The maximum atomic E-state index is 12.5. The number of halogens is 3. The van der Waals surface area contributed by atoms with E-state index in [0.29, 0.717) is 23.4 Å². The van der Waals surface area contributed by atoms with Crippen LogP contribution in [0.25, 0.3) is 0 Å². The molecule has 0 aromatic carbocycles. The molecule has 0 saturated heterocycles. The number of aryl methyl sites for hydroxylation is 1. The van der Waals surface area contributed by atoms with Crippen molar-refractivity contribution in [3.8, 4) is 0 Å².